The molecule has 0 aromatic heterocycles. The van der Waals surface area contributed by atoms with E-state index in [1.807, 2.05) is 13.0 Å². The number of aryl methyl sites for hydroxylation is 1. The highest BCUT2D eigenvalue weighted by Crippen LogP contribution is 2.33. The summed E-state index contributed by atoms with van der Waals surface area (Å²) in [7, 11) is 0. The smallest absolute Gasteiger partial charge is 0.171 e. The van der Waals surface area contributed by atoms with Gasteiger partial charge in [0.25, 0.3) is 0 Å². The minimum Gasteiger partial charge on any atom is -0.371 e. The molecule has 3 rings (SSSR count). The summed E-state index contributed by atoms with van der Waals surface area (Å²) >= 11 is 0. The second-order valence-electron chi connectivity index (χ2n) is 5.08. The van der Waals surface area contributed by atoms with Crippen molar-refractivity contribution in [1.29, 1.82) is 0 Å². The Morgan fingerprint density at radius 1 is 1.11 bits per heavy atom. The molecule has 98 valence electrons. The molecule has 3 nitrogen and oxygen atoms in total. The highest BCUT2D eigenvalue weighted by molar-refractivity contribution is 5.49. The lowest BCUT2D eigenvalue weighted by molar-refractivity contribution is -0.169. The number of piperidine rings is 1. The van der Waals surface area contributed by atoms with E-state index in [4.69, 9.17) is 9.47 Å². The van der Waals surface area contributed by atoms with Crippen LogP contribution in [0.2, 0.25) is 0 Å². The SMILES string of the molecule is Cc1cc(F)cc(N2CCC3(CC2)OCCO3)c1. The quantitative estimate of drug-likeness (QED) is 0.765. The summed E-state index contributed by atoms with van der Waals surface area (Å²) < 4.78 is 24.8. The molecule has 2 fully saturated rings. The monoisotopic (exact) mass is 251 g/mol. The van der Waals surface area contributed by atoms with Crippen LogP contribution in [0.15, 0.2) is 18.2 Å². The first-order valence-corrected chi connectivity index (χ1v) is 6.47. The molecule has 4 heteroatoms. The van der Waals surface area contributed by atoms with E-state index in [1.165, 1.54) is 0 Å². The Hall–Kier alpha value is -1.13. The van der Waals surface area contributed by atoms with Crippen molar-refractivity contribution in [1.82, 2.24) is 0 Å². The number of ether oxygens (including phenoxy) is 2. The summed E-state index contributed by atoms with van der Waals surface area (Å²) in [6.45, 7) is 5.01. The first kappa shape index (κ1) is 11.9. The minimum atomic E-state index is -0.362. The predicted octanol–water partition coefficient (Wildman–Crippen LogP) is 2.48. The molecule has 0 unspecified atom stereocenters. The van der Waals surface area contributed by atoms with Crippen molar-refractivity contribution >= 4 is 5.69 Å². The zero-order valence-corrected chi connectivity index (χ0v) is 10.6. The van der Waals surface area contributed by atoms with Gasteiger partial charge in [-0.25, -0.2) is 4.39 Å². The first-order chi connectivity index (χ1) is 8.67. The van der Waals surface area contributed by atoms with Gasteiger partial charge in [0.05, 0.1) is 13.2 Å². The average molecular weight is 251 g/mol. The molecular weight excluding hydrogens is 233 g/mol. The van der Waals surface area contributed by atoms with E-state index in [-0.39, 0.29) is 11.6 Å². The van der Waals surface area contributed by atoms with Crippen molar-refractivity contribution < 1.29 is 13.9 Å². The third-order valence-electron chi connectivity index (χ3n) is 3.73. The number of halogens is 1. The number of rotatable bonds is 1. The van der Waals surface area contributed by atoms with E-state index < -0.39 is 0 Å². The Morgan fingerprint density at radius 3 is 2.39 bits per heavy atom. The maximum absolute atomic E-state index is 13.4. The molecule has 0 saturated carbocycles. The molecule has 2 aliphatic heterocycles. The number of hydrogen-bond donors (Lipinski definition) is 0. The Morgan fingerprint density at radius 2 is 1.78 bits per heavy atom. The molecule has 0 aliphatic carbocycles. The van der Waals surface area contributed by atoms with Crippen LogP contribution >= 0.6 is 0 Å². The third-order valence-corrected chi connectivity index (χ3v) is 3.73. The van der Waals surface area contributed by atoms with Crippen LogP contribution in [0.25, 0.3) is 0 Å². The first-order valence-electron chi connectivity index (χ1n) is 6.47. The van der Waals surface area contributed by atoms with Gasteiger partial charge in [0.15, 0.2) is 5.79 Å². The molecule has 2 heterocycles. The third kappa shape index (κ3) is 2.22. The van der Waals surface area contributed by atoms with Crippen molar-refractivity contribution in [3.63, 3.8) is 0 Å². The van der Waals surface area contributed by atoms with E-state index >= 15 is 0 Å². The Balaban J connectivity index is 1.72. The van der Waals surface area contributed by atoms with Gasteiger partial charge in [0, 0.05) is 31.6 Å². The van der Waals surface area contributed by atoms with Crippen LogP contribution in [-0.2, 0) is 9.47 Å². The topological polar surface area (TPSA) is 21.7 Å². The highest BCUT2D eigenvalue weighted by Gasteiger charge is 2.39. The van der Waals surface area contributed by atoms with Crippen LogP contribution in [0, 0.1) is 12.7 Å². The number of hydrogen-bond acceptors (Lipinski definition) is 3. The van der Waals surface area contributed by atoms with Gasteiger partial charge in [-0.3, -0.25) is 0 Å². The van der Waals surface area contributed by atoms with Crippen molar-refractivity contribution in [2.45, 2.75) is 25.6 Å². The van der Waals surface area contributed by atoms with Gasteiger partial charge < -0.3 is 14.4 Å². The number of nitrogens with zero attached hydrogens (tertiary/aromatic N) is 1. The number of anilines is 1. The fraction of sp³-hybridized carbons (Fsp3) is 0.571. The molecule has 2 saturated heterocycles. The summed E-state index contributed by atoms with van der Waals surface area (Å²) in [6.07, 6.45) is 1.70. The maximum Gasteiger partial charge on any atom is 0.171 e. The Labute approximate surface area is 106 Å². The molecule has 0 radical (unpaired) electrons. The van der Waals surface area contributed by atoms with Gasteiger partial charge in [-0.1, -0.05) is 0 Å². The molecule has 1 spiro atoms. The van der Waals surface area contributed by atoms with Crippen LogP contribution in [0.1, 0.15) is 18.4 Å². The largest absolute Gasteiger partial charge is 0.371 e. The number of benzene rings is 1. The molecule has 2 aliphatic rings. The lowest BCUT2D eigenvalue weighted by Gasteiger charge is -2.38. The molecule has 0 bridgehead atoms. The van der Waals surface area contributed by atoms with Crippen LogP contribution in [0.4, 0.5) is 10.1 Å². The summed E-state index contributed by atoms with van der Waals surface area (Å²) in [5.41, 5.74) is 1.92. The van der Waals surface area contributed by atoms with Gasteiger partial charge in [-0.2, -0.15) is 0 Å². The van der Waals surface area contributed by atoms with Crippen LogP contribution < -0.4 is 4.90 Å². The van der Waals surface area contributed by atoms with E-state index in [2.05, 4.69) is 4.90 Å². The maximum atomic E-state index is 13.4. The fourth-order valence-electron chi connectivity index (χ4n) is 2.79. The normalized spacial score (nSPS) is 22.7. The van der Waals surface area contributed by atoms with Crippen LogP contribution in [0.5, 0.6) is 0 Å². The van der Waals surface area contributed by atoms with E-state index in [0.29, 0.717) is 13.2 Å². The molecule has 0 N–H and O–H groups in total. The standard InChI is InChI=1S/C14H18FNO2/c1-11-8-12(15)10-13(9-11)16-4-2-14(3-5-16)17-6-7-18-14/h8-10H,2-7H2,1H3. The van der Waals surface area contributed by atoms with E-state index in [0.717, 1.165) is 37.2 Å². The predicted molar refractivity (Wildman–Crippen MR) is 67.2 cm³/mol. The average Bonchev–Trinajstić information content (AvgIpc) is 2.77. The molecular formula is C14H18FNO2. The second-order valence-corrected chi connectivity index (χ2v) is 5.08. The van der Waals surface area contributed by atoms with E-state index in [9.17, 15) is 4.39 Å². The van der Waals surface area contributed by atoms with Gasteiger partial charge in [0.1, 0.15) is 5.82 Å². The molecule has 18 heavy (non-hydrogen) atoms. The van der Waals surface area contributed by atoms with Crippen molar-refractivity contribution in [3.8, 4) is 0 Å². The Bertz CT molecular complexity index is 413. The minimum absolute atomic E-state index is 0.168. The molecule has 0 amide bonds. The molecule has 1 aromatic carbocycles. The van der Waals surface area contributed by atoms with E-state index in [1.54, 1.807) is 12.1 Å². The van der Waals surface area contributed by atoms with Gasteiger partial charge in [-0.15, -0.1) is 0 Å². The van der Waals surface area contributed by atoms with Crippen molar-refractivity contribution in [2.24, 2.45) is 0 Å². The summed E-state index contributed by atoms with van der Waals surface area (Å²) in [6, 6.07) is 5.18. The summed E-state index contributed by atoms with van der Waals surface area (Å²) in [5.74, 6) is -0.530. The summed E-state index contributed by atoms with van der Waals surface area (Å²) in [4.78, 5) is 2.20. The van der Waals surface area contributed by atoms with Gasteiger partial charge >= 0.3 is 0 Å². The van der Waals surface area contributed by atoms with Crippen LogP contribution in [0.3, 0.4) is 0 Å². The highest BCUT2D eigenvalue weighted by atomic mass is 19.1. The second kappa shape index (κ2) is 4.52. The van der Waals surface area contributed by atoms with Crippen LogP contribution in [-0.4, -0.2) is 32.1 Å². The van der Waals surface area contributed by atoms with Crippen molar-refractivity contribution in [3.05, 3.63) is 29.6 Å². The molecule has 0 atom stereocenters. The summed E-state index contributed by atoms with van der Waals surface area (Å²) in [5, 5.41) is 0. The zero-order chi connectivity index (χ0) is 12.6. The molecule has 1 aromatic rings. The zero-order valence-electron chi connectivity index (χ0n) is 10.6. The lowest BCUT2D eigenvalue weighted by atomic mass is 10.0. The van der Waals surface area contributed by atoms with Gasteiger partial charge in [-0.05, 0) is 30.7 Å². The Kier molecular flexibility index (Phi) is 2.99. The fourth-order valence-corrected chi connectivity index (χ4v) is 2.79. The van der Waals surface area contributed by atoms with Crippen molar-refractivity contribution in [2.75, 3.05) is 31.2 Å². The van der Waals surface area contributed by atoms with Gasteiger partial charge in [0.2, 0.25) is 0 Å². The lowest BCUT2D eigenvalue weighted by Crippen LogP contribution is -2.45.